The van der Waals surface area contributed by atoms with E-state index in [1.54, 1.807) is 30.3 Å². The lowest BCUT2D eigenvalue weighted by molar-refractivity contribution is -0.127. The molecule has 8 nitrogen and oxygen atoms in total. The number of nitrogens with zero attached hydrogens (tertiary/aromatic N) is 2. The van der Waals surface area contributed by atoms with Crippen LogP contribution in [0.4, 0.5) is 10.5 Å². The summed E-state index contributed by atoms with van der Waals surface area (Å²) in [6, 6.07) is 15.6. The maximum absolute atomic E-state index is 12.9. The van der Waals surface area contributed by atoms with Gasteiger partial charge in [0.25, 0.3) is 11.1 Å². The van der Waals surface area contributed by atoms with Crippen LogP contribution in [0.1, 0.15) is 32.9 Å². The Kier molecular flexibility index (Phi) is 6.61. The molecular formula is C26H23N3O5S. The van der Waals surface area contributed by atoms with Crippen LogP contribution in [0.25, 0.3) is 11.8 Å². The average Bonchev–Trinajstić information content (AvgIpc) is 3.23. The number of hydrogen-bond donors (Lipinski definition) is 2. The van der Waals surface area contributed by atoms with E-state index in [1.807, 2.05) is 43.5 Å². The van der Waals surface area contributed by atoms with Gasteiger partial charge in [-0.3, -0.25) is 19.3 Å². The van der Waals surface area contributed by atoms with Crippen LogP contribution in [0.5, 0.6) is 0 Å². The van der Waals surface area contributed by atoms with Crippen LogP contribution in [-0.4, -0.2) is 44.1 Å². The van der Waals surface area contributed by atoms with E-state index in [4.69, 9.17) is 5.11 Å². The molecule has 3 amide bonds. The molecule has 1 aliphatic rings. The van der Waals surface area contributed by atoms with Gasteiger partial charge in [-0.25, -0.2) is 4.79 Å². The first kappa shape index (κ1) is 24.0. The Morgan fingerprint density at radius 3 is 2.40 bits per heavy atom. The third kappa shape index (κ3) is 5.04. The van der Waals surface area contributed by atoms with Crippen LogP contribution in [0, 0.1) is 20.8 Å². The number of carboxylic acid groups (broad SMARTS) is 1. The number of imide groups is 1. The van der Waals surface area contributed by atoms with Crippen molar-refractivity contribution >= 4 is 46.5 Å². The van der Waals surface area contributed by atoms with Gasteiger partial charge in [0.15, 0.2) is 0 Å². The zero-order chi connectivity index (χ0) is 25.3. The highest BCUT2D eigenvalue weighted by atomic mass is 32.2. The summed E-state index contributed by atoms with van der Waals surface area (Å²) >= 11 is 0.796. The van der Waals surface area contributed by atoms with Crippen LogP contribution in [0.2, 0.25) is 0 Å². The summed E-state index contributed by atoms with van der Waals surface area (Å²) in [4.78, 5) is 50.1. The monoisotopic (exact) mass is 489 g/mol. The number of nitrogens with one attached hydrogen (secondary N) is 1. The number of thioether (sulfide) groups is 1. The molecule has 0 unspecified atom stereocenters. The number of anilines is 1. The Morgan fingerprint density at radius 2 is 1.74 bits per heavy atom. The molecule has 35 heavy (non-hydrogen) atoms. The lowest BCUT2D eigenvalue weighted by atomic mass is 10.2. The second kappa shape index (κ2) is 9.63. The van der Waals surface area contributed by atoms with Crippen molar-refractivity contribution in [1.29, 1.82) is 0 Å². The van der Waals surface area contributed by atoms with Gasteiger partial charge in [0.05, 0.1) is 10.5 Å². The molecule has 0 bridgehead atoms. The van der Waals surface area contributed by atoms with Crippen molar-refractivity contribution in [3.8, 4) is 5.69 Å². The fourth-order valence-electron chi connectivity index (χ4n) is 3.93. The minimum atomic E-state index is -0.999. The third-order valence-corrected chi connectivity index (χ3v) is 6.51. The number of benzene rings is 2. The van der Waals surface area contributed by atoms with Gasteiger partial charge in [0.2, 0.25) is 5.91 Å². The van der Waals surface area contributed by atoms with E-state index in [9.17, 15) is 19.2 Å². The van der Waals surface area contributed by atoms with Gasteiger partial charge in [-0.05, 0) is 92.2 Å². The number of rotatable bonds is 6. The van der Waals surface area contributed by atoms with E-state index in [-0.39, 0.29) is 17.0 Å². The summed E-state index contributed by atoms with van der Waals surface area (Å²) in [6.07, 6.45) is 1.65. The summed E-state index contributed by atoms with van der Waals surface area (Å²) in [6.45, 7) is 5.31. The van der Waals surface area contributed by atoms with Crippen LogP contribution >= 0.6 is 11.8 Å². The minimum absolute atomic E-state index is 0.191. The van der Waals surface area contributed by atoms with Gasteiger partial charge in [-0.15, -0.1) is 0 Å². The molecule has 1 aliphatic heterocycles. The highest BCUT2D eigenvalue weighted by Crippen LogP contribution is 2.33. The zero-order valence-corrected chi connectivity index (χ0v) is 20.2. The smallest absolute Gasteiger partial charge is 0.335 e. The Hall–Kier alpha value is -4.11. The highest BCUT2D eigenvalue weighted by Gasteiger charge is 2.36. The van der Waals surface area contributed by atoms with Crippen molar-refractivity contribution in [3.63, 3.8) is 0 Å². The summed E-state index contributed by atoms with van der Waals surface area (Å²) < 4.78 is 1.94. The Labute approximate surface area is 206 Å². The first-order valence-corrected chi connectivity index (χ1v) is 11.6. The molecule has 4 rings (SSSR count). The lowest BCUT2D eigenvalue weighted by Crippen LogP contribution is -2.36. The lowest BCUT2D eigenvalue weighted by Gasteiger charge is -2.12. The van der Waals surface area contributed by atoms with E-state index >= 15 is 0 Å². The number of aromatic carboxylic acids is 1. The predicted octanol–water partition coefficient (Wildman–Crippen LogP) is 4.78. The molecule has 0 radical (unpaired) electrons. The molecule has 0 saturated carbocycles. The van der Waals surface area contributed by atoms with Crippen LogP contribution in [0.3, 0.4) is 0 Å². The fourth-order valence-corrected chi connectivity index (χ4v) is 4.76. The van der Waals surface area contributed by atoms with E-state index < -0.39 is 23.0 Å². The van der Waals surface area contributed by atoms with Crippen molar-refractivity contribution in [3.05, 3.63) is 87.6 Å². The third-order valence-electron chi connectivity index (χ3n) is 5.61. The molecule has 1 fully saturated rings. The van der Waals surface area contributed by atoms with Crippen molar-refractivity contribution in [2.24, 2.45) is 0 Å². The molecule has 1 saturated heterocycles. The van der Waals surface area contributed by atoms with E-state index in [1.165, 1.54) is 12.1 Å². The normalized spacial score (nSPS) is 14.6. The Morgan fingerprint density at radius 1 is 1.03 bits per heavy atom. The molecule has 2 heterocycles. The molecule has 178 valence electrons. The number of carboxylic acids is 1. The number of aromatic nitrogens is 1. The minimum Gasteiger partial charge on any atom is -0.478 e. The molecule has 2 N–H and O–H groups in total. The van der Waals surface area contributed by atoms with Gasteiger partial charge in [0, 0.05) is 22.8 Å². The molecule has 0 aliphatic carbocycles. The maximum Gasteiger partial charge on any atom is 0.335 e. The van der Waals surface area contributed by atoms with Gasteiger partial charge < -0.3 is 15.0 Å². The first-order chi connectivity index (χ1) is 16.6. The number of carbonyl (C=O) groups is 4. The molecule has 0 spiro atoms. The molecular weight excluding hydrogens is 466 g/mol. The van der Waals surface area contributed by atoms with Gasteiger partial charge in [-0.2, -0.15) is 0 Å². The summed E-state index contributed by atoms with van der Waals surface area (Å²) in [7, 11) is 0. The number of amides is 3. The molecule has 3 aromatic rings. The van der Waals surface area contributed by atoms with Gasteiger partial charge in [-0.1, -0.05) is 12.1 Å². The topological polar surface area (TPSA) is 109 Å². The highest BCUT2D eigenvalue weighted by molar-refractivity contribution is 8.18. The van der Waals surface area contributed by atoms with Crippen molar-refractivity contribution < 1.29 is 24.3 Å². The van der Waals surface area contributed by atoms with Crippen molar-refractivity contribution in [2.75, 3.05) is 11.9 Å². The summed E-state index contributed by atoms with van der Waals surface area (Å²) in [5.74, 6) is -1.97. The predicted molar refractivity (Wildman–Crippen MR) is 135 cm³/mol. The van der Waals surface area contributed by atoms with Crippen LogP contribution in [0.15, 0.2) is 59.5 Å². The maximum atomic E-state index is 12.9. The Bertz CT molecular complexity index is 1390. The van der Waals surface area contributed by atoms with E-state index in [2.05, 4.69) is 5.32 Å². The molecule has 0 atom stereocenters. The summed E-state index contributed by atoms with van der Waals surface area (Å²) in [5, 5.41) is 11.3. The second-order valence-electron chi connectivity index (χ2n) is 8.20. The zero-order valence-electron chi connectivity index (χ0n) is 19.4. The number of carbonyl (C=O) groups excluding carboxylic acids is 3. The van der Waals surface area contributed by atoms with Gasteiger partial charge >= 0.3 is 5.97 Å². The average molecular weight is 490 g/mol. The SMILES string of the molecule is Cc1cccc(NC(=O)CN2C(=O)S/C(=C/c3cc(C)n(-c4ccc(C(=O)O)cc4)c3C)C2=O)c1. The summed E-state index contributed by atoms with van der Waals surface area (Å²) in [5.41, 5.74) is 5.01. The second-order valence-corrected chi connectivity index (χ2v) is 9.19. The van der Waals surface area contributed by atoms with Crippen molar-refractivity contribution in [2.45, 2.75) is 20.8 Å². The molecule has 1 aromatic heterocycles. The molecule has 2 aromatic carbocycles. The number of hydrogen-bond acceptors (Lipinski definition) is 5. The first-order valence-electron chi connectivity index (χ1n) is 10.8. The van der Waals surface area contributed by atoms with Crippen molar-refractivity contribution in [1.82, 2.24) is 9.47 Å². The van der Waals surface area contributed by atoms with Crippen LogP contribution in [-0.2, 0) is 9.59 Å². The standard InChI is InChI=1S/C26H23N3O5S/c1-15-5-4-6-20(11-15)27-23(30)14-28-24(31)22(35-26(28)34)13-19-12-16(2)29(17(19)3)21-9-7-18(8-10-21)25(32)33/h4-13H,14H2,1-3H3,(H,27,30)(H,32,33)/b22-13+. The van der Waals surface area contributed by atoms with Gasteiger partial charge in [0.1, 0.15) is 6.54 Å². The Balaban J connectivity index is 1.53. The molecule has 9 heteroatoms. The number of aryl methyl sites for hydroxylation is 2. The van der Waals surface area contributed by atoms with E-state index in [0.717, 1.165) is 44.9 Å². The largest absolute Gasteiger partial charge is 0.478 e. The van der Waals surface area contributed by atoms with Crippen LogP contribution < -0.4 is 5.32 Å². The quantitative estimate of drug-likeness (QED) is 0.483. The van der Waals surface area contributed by atoms with E-state index in [0.29, 0.717) is 5.69 Å². The fraction of sp³-hybridized carbons (Fsp3) is 0.154.